The molecule has 0 aliphatic carbocycles. The summed E-state index contributed by atoms with van der Waals surface area (Å²) in [6.07, 6.45) is 2.61. The number of nitro groups is 1. The van der Waals surface area contributed by atoms with Gasteiger partial charge in [0, 0.05) is 36.6 Å². The quantitative estimate of drug-likeness (QED) is 0.293. The van der Waals surface area contributed by atoms with E-state index >= 15 is 0 Å². The van der Waals surface area contributed by atoms with E-state index in [1.54, 1.807) is 24.3 Å². The molecule has 2 aromatic rings. The van der Waals surface area contributed by atoms with Crippen molar-refractivity contribution < 1.29 is 22.6 Å². The van der Waals surface area contributed by atoms with Crippen molar-refractivity contribution in [1.82, 2.24) is 4.90 Å². The number of carbonyl (C=O) groups excluding carboxylic acids is 1. The second-order valence-corrected chi connectivity index (χ2v) is 9.91. The Morgan fingerprint density at radius 1 is 1.32 bits per heavy atom. The number of sulfone groups is 1. The minimum absolute atomic E-state index is 0.00206. The molecule has 28 heavy (non-hydrogen) atoms. The van der Waals surface area contributed by atoms with Crippen molar-refractivity contribution in [2.45, 2.75) is 0 Å². The number of amides is 1. The van der Waals surface area contributed by atoms with Crippen LogP contribution in [0, 0.1) is 10.1 Å². The zero-order valence-corrected chi connectivity index (χ0v) is 17.0. The van der Waals surface area contributed by atoms with Gasteiger partial charge in [0.1, 0.15) is 25.7 Å². The summed E-state index contributed by atoms with van der Waals surface area (Å²) in [4.78, 5) is 24.4. The van der Waals surface area contributed by atoms with E-state index in [2.05, 4.69) is 0 Å². The summed E-state index contributed by atoms with van der Waals surface area (Å²) >= 11 is 6.22. The summed E-state index contributed by atoms with van der Waals surface area (Å²) in [5, 5.41) is 10.9. The van der Waals surface area contributed by atoms with Gasteiger partial charge in [0.2, 0.25) is 0 Å². The van der Waals surface area contributed by atoms with E-state index in [9.17, 15) is 23.3 Å². The van der Waals surface area contributed by atoms with E-state index < -0.39 is 14.8 Å². The maximum absolute atomic E-state index is 12.5. The first-order valence-corrected chi connectivity index (χ1v) is 11.2. The van der Waals surface area contributed by atoms with Crippen molar-refractivity contribution in [1.29, 1.82) is 0 Å². The van der Waals surface area contributed by atoms with E-state index in [4.69, 9.17) is 16.6 Å². The van der Waals surface area contributed by atoms with Crippen molar-refractivity contribution in [3.8, 4) is 11.3 Å². The lowest BCUT2D eigenvalue weighted by Crippen LogP contribution is -2.32. The highest BCUT2D eigenvalue weighted by molar-refractivity contribution is 8.26. The smallest absolute Gasteiger partial charge is 0.270 e. The predicted molar refractivity (Wildman–Crippen MR) is 110 cm³/mol. The van der Waals surface area contributed by atoms with Gasteiger partial charge in [-0.2, -0.15) is 0 Å². The Morgan fingerprint density at radius 3 is 2.75 bits per heavy atom. The molecule has 1 saturated heterocycles. The molecule has 8 nitrogen and oxygen atoms in total. The molecule has 1 aromatic heterocycles. The predicted octanol–water partition coefficient (Wildman–Crippen LogP) is 3.10. The first-order valence-electron chi connectivity index (χ1n) is 7.92. The summed E-state index contributed by atoms with van der Waals surface area (Å²) in [6.45, 7) is -0.00206. The molecule has 0 saturated carbocycles. The molecule has 0 unspecified atom stereocenters. The van der Waals surface area contributed by atoms with Crippen LogP contribution in [0.25, 0.3) is 17.4 Å². The largest absolute Gasteiger partial charge is 0.457 e. The van der Waals surface area contributed by atoms with Gasteiger partial charge in [-0.15, -0.1) is 0 Å². The summed E-state index contributed by atoms with van der Waals surface area (Å²) in [7, 11) is -3.22. The average molecular weight is 439 g/mol. The summed E-state index contributed by atoms with van der Waals surface area (Å²) in [5.74, 6) is 0.240. The van der Waals surface area contributed by atoms with Gasteiger partial charge in [0.25, 0.3) is 11.6 Å². The van der Waals surface area contributed by atoms with Gasteiger partial charge in [-0.25, -0.2) is 8.42 Å². The maximum atomic E-state index is 12.5. The van der Waals surface area contributed by atoms with Crippen LogP contribution in [-0.2, 0) is 14.6 Å². The Hall–Kier alpha value is -2.50. The lowest BCUT2D eigenvalue weighted by Gasteiger charge is -2.12. The van der Waals surface area contributed by atoms with E-state index in [0.29, 0.717) is 22.0 Å². The molecule has 1 aliphatic heterocycles. The minimum atomic E-state index is -3.22. The van der Waals surface area contributed by atoms with Crippen molar-refractivity contribution >= 4 is 55.8 Å². The number of non-ortho nitro benzene ring substituents is 1. The molecule has 0 atom stereocenters. The molecule has 0 radical (unpaired) electrons. The summed E-state index contributed by atoms with van der Waals surface area (Å²) in [6, 6.07) is 9.30. The Balaban J connectivity index is 1.80. The lowest BCUT2D eigenvalue weighted by atomic mass is 10.1. The number of thioether (sulfide) groups is 1. The zero-order chi connectivity index (χ0) is 20.5. The van der Waals surface area contributed by atoms with Crippen LogP contribution in [0.4, 0.5) is 5.69 Å². The molecule has 1 amide bonds. The molecule has 0 spiro atoms. The van der Waals surface area contributed by atoms with Crippen molar-refractivity contribution in [3.63, 3.8) is 0 Å². The molecular weight excluding hydrogens is 424 g/mol. The first kappa shape index (κ1) is 20.2. The van der Waals surface area contributed by atoms with Crippen LogP contribution >= 0.6 is 24.0 Å². The third-order valence-corrected chi connectivity index (χ3v) is 6.10. The van der Waals surface area contributed by atoms with Crippen molar-refractivity contribution in [2.24, 2.45) is 0 Å². The van der Waals surface area contributed by atoms with E-state index in [-0.39, 0.29) is 28.2 Å². The highest BCUT2D eigenvalue weighted by atomic mass is 32.2. The normalized spacial score (nSPS) is 16.2. The number of thiocarbonyl (C=S) groups is 1. The molecule has 2 heterocycles. The molecule has 1 aromatic carbocycles. The van der Waals surface area contributed by atoms with Crippen LogP contribution in [0.1, 0.15) is 5.76 Å². The fourth-order valence-electron chi connectivity index (χ4n) is 2.44. The van der Waals surface area contributed by atoms with Crippen LogP contribution < -0.4 is 0 Å². The third kappa shape index (κ3) is 4.66. The molecule has 3 rings (SSSR count). The van der Waals surface area contributed by atoms with Gasteiger partial charge in [-0.05, 0) is 12.1 Å². The average Bonchev–Trinajstić information content (AvgIpc) is 3.18. The second kappa shape index (κ2) is 7.86. The van der Waals surface area contributed by atoms with E-state index in [1.165, 1.54) is 23.1 Å². The van der Waals surface area contributed by atoms with Crippen LogP contribution in [-0.4, -0.2) is 47.0 Å². The lowest BCUT2D eigenvalue weighted by molar-refractivity contribution is -0.384. The fraction of sp³-hybridized carbons (Fsp3) is 0.176. The van der Waals surface area contributed by atoms with Crippen molar-refractivity contribution in [3.05, 3.63) is 57.2 Å². The third-order valence-electron chi connectivity index (χ3n) is 3.80. The SMILES string of the molecule is CS(=O)(=O)CCN1C(=O)C(=Cc2ccc(-c3cccc([N+](=O)[O-])c3)o2)SC1=S. The number of rotatable bonds is 6. The van der Waals surface area contributed by atoms with Gasteiger partial charge < -0.3 is 4.42 Å². The van der Waals surface area contributed by atoms with Crippen LogP contribution in [0.3, 0.4) is 0 Å². The zero-order valence-electron chi connectivity index (χ0n) is 14.5. The minimum Gasteiger partial charge on any atom is -0.457 e. The topological polar surface area (TPSA) is 111 Å². The number of nitro benzene ring substituents is 1. The molecule has 0 N–H and O–H groups in total. The number of benzene rings is 1. The van der Waals surface area contributed by atoms with Gasteiger partial charge in [0.15, 0.2) is 0 Å². The highest BCUT2D eigenvalue weighted by Crippen LogP contribution is 2.33. The highest BCUT2D eigenvalue weighted by Gasteiger charge is 2.32. The number of nitrogens with zero attached hydrogens (tertiary/aromatic N) is 2. The van der Waals surface area contributed by atoms with Gasteiger partial charge in [-0.1, -0.05) is 36.1 Å². The van der Waals surface area contributed by atoms with Gasteiger partial charge >= 0.3 is 0 Å². The number of hydrogen-bond acceptors (Lipinski definition) is 8. The molecule has 1 fully saturated rings. The van der Waals surface area contributed by atoms with Crippen LogP contribution in [0.2, 0.25) is 0 Å². The molecule has 0 bridgehead atoms. The van der Waals surface area contributed by atoms with Crippen molar-refractivity contribution in [2.75, 3.05) is 18.6 Å². The Morgan fingerprint density at radius 2 is 2.07 bits per heavy atom. The molecule has 1 aliphatic rings. The van der Waals surface area contributed by atoms with Gasteiger partial charge in [0.05, 0.1) is 15.6 Å². The Labute approximate surface area is 170 Å². The summed E-state index contributed by atoms with van der Waals surface area (Å²) in [5.41, 5.74) is 0.483. The first-order chi connectivity index (χ1) is 13.1. The second-order valence-electron chi connectivity index (χ2n) is 5.97. The number of hydrogen-bond donors (Lipinski definition) is 0. The standard InChI is InChI=1S/C17H14N2O6S3/c1-28(23,24)8-7-18-16(20)15(27-17(18)26)10-13-5-6-14(25-13)11-3-2-4-12(9-11)19(21)22/h2-6,9-10H,7-8H2,1H3. The van der Waals surface area contributed by atoms with Crippen LogP contribution in [0.15, 0.2) is 45.7 Å². The molecular formula is C17H14N2O6S3. The Kier molecular flexibility index (Phi) is 5.68. The summed E-state index contributed by atoms with van der Waals surface area (Å²) < 4.78 is 28.6. The molecule has 11 heteroatoms. The maximum Gasteiger partial charge on any atom is 0.270 e. The molecule has 146 valence electrons. The monoisotopic (exact) mass is 438 g/mol. The number of carbonyl (C=O) groups is 1. The fourth-order valence-corrected chi connectivity index (χ4v) is 4.24. The Bertz CT molecular complexity index is 1100. The number of furan rings is 1. The van der Waals surface area contributed by atoms with E-state index in [0.717, 1.165) is 18.0 Å². The van der Waals surface area contributed by atoms with Crippen LogP contribution in [0.5, 0.6) is 0 Å². The van der Waals surface area contributed by atoms with E-state index in [1.807, 2.05) is 0 Å². The van der Waals surface area contributed by atoms with Gasteiger partial charge in [-0.3, -0.25) is 19.8 Å².